The second-order valence-electron chi connectivity index (χ2n) is 6.97. The van der Waals surface area contributed by atoms with Crippen molar-refractivity contribution in [1.82, 2.24) is 4.90 Å². The summed E-state index contributed by atoms with van der Waals surface area (Å²) < 4.78 is 6.00. The fraction of sp³-hybridized carbons (Fsp3) is 0.217. The number of nitrogens with two attached hydrogens (primary N) is 1. The maximum atomic E-state index is 13.4. The lowest BCUT2D eigenvalue weighted by molar-refractivity contribution is -0.153. The Morgan fingerprint density at radius 3 is 2.29 bits per heavy atom. The minimum atomic E-state index is -0.601. The summed E-state index contributed by atoms with van der Waals surface area (Å²) in [5, 5.41) is -0.250. The summed E-state index contributed by atoms with van der Waals surface area (Å²) in [7, 11) is 0. The normalized spacial score (nSPS) is 20.4. The number of amides is 1. The molecular weight excluding hydrogens is 455 g/mol. The highest BCUT2D eigenvalue weighted by Gasteiger charge is 2.52. The van der Waals surface area contributed by atoms with Crippen LogP contribution in [-0.4, -0.2) is 39.8 Å². The number of benzene rings is 2. The van der Waals surface area contributed by atoms with Crippen LogP contribution in [0.4, 0.5) is 0 Å². The van der Waals surface area contributed by atoms with Crippen molar-refractivity contribution in [2.24, 2.45) is 5.73 Å². The van der Waals surface area contributed by atoms with Crippen molar-refractivity contribution < 1.29 is 14.3 Å². The maximum absolute atomic E-state index is 13.4. The summed E-state index contributed by atoms with van der Waals surface area (Å²) in [6, 6.07) is 18.5. The Morgan fingerprint density at radius 1 is 1.16 bits per heavy atom. The molecule has 0 radical (unpaired) electrons. The first-order valence-corrected chi connectivity index (χ1v) is 11.2. The fourth-order valence-electron chi connectivity index (χ4n) is 3.59. The molecule has 0 bridgehead atoms. The molecule has 2 unspecified atom stereocenters. The average molecular weight is 477 g/mol. The maximum Gasteiger partial charge on any atom is 0.356 e. The SMILES string of the molecule is Cl.NC1C(=O)N2C(C(=O)OC(c3ccccc3)c3ccccc3)=C(/C=C\CCl)CSC12. The largest absolute Gasteiger partial charge is 0.448 e. The smallest absolute Gasteiger partial charge is 0.356 e. The molecule has 8 heteroatoms. The molecule has 1 amide bonds. The van der Waals surface area contributed by atoms with E-state index in [1.165, 1.54) is 16.7 Å². The Kier molecular flexibility index (Phi) is 7.84. The van der Waals surface area contributed by atoms with Crippen LogP contribution in [0.3, 0.4) is 0 Å². The molecule has 0 spiro atoms. The minimum Gasteiger partial charge on any atom is -0.448 e. The van der Waals surface area contributed by atoms with Crippen molar-refractivity contribution in [3.8, 4) is 0 Å². The van der Waals surface area contributed by atoms with E-state index in [0.29, 0.717) is 17.2 Å². The van der Waals surface area contributed by atoms with Crippen LogP contribution >= 0.6 is 35.8 Å². The van der Waals surface area contributed by atoms with Gasteiger partial charge in [0.15, 0.2) is 6.10 Å². The van der Waals surface area contributed by atoms with Crippen LogP contribution in [-0.2, 0) is 14.3 Å². The van der Waals surface area contributed by atoms with Crippen LogP contribution in [0, 0.1) is 0 Å². The number of halogens is 2. The molecule has 2 aliphatic rings. The van der Waals surface area contributed by atoms with E-state index in [1.54, 1.807) is 12.2 Å². The van der Waals surface area contributed by atoms with Crippen LogP contribution in [0.25, 0.3) is 0 Å². The number of nitrogens with zero attached hydrogens (tertiary/aromatic N) is 1. The molecule has 2 aromatic carbocycles. The molecule has 0 aliphatic carbocycles. The van der Waals surface area contributed by atoms with Gasteiger partial charge in [0, 0.05) is 11.6 Å². The molecule has 2 aromatic rings. The first-order valence-electron chi connectivity index (χ1n) is 9.58. The number of carbonyl (C=O) groups excluding carboxylic acids is 2. The number of β-lactam (4-membered cyclic amide) rings is 1. The summed E-state index contributed by atoms with van der Waals surface area (Å²) >= 11 is 7.33. The Balaban J connectivity index is 0.00000272. The number of fused-ring (bicyclic) bond motifs is 1. The highest BCUT2D eigenvalue weighted by Crippen LogP contribution is 2.41. The Morgan fingerprint density at radius 2 is 1.74 bits per heavy atom. The first kappa shape index (κ1) is 23.4. The summed E-state index contributed by atoms with van der Waals surface area (Å²) in [4.78, 5) is 27.3. The van der Waals surface area contributed by atoms with E-state index in [2.05, 4.69) is 0 Å². The topological polar surface area (TPSA) is 72.6 Å². The third-order valence-corrected chi connectivity index (χ3v) is 6.57. The second kappa shape index (κ2) is 10.4. The van der Waals surface area contributed by atoms with E-state index < -0.39 is 18.1 Å². The predicted octanol–water partition coefficient (Wildman–Crippen LogP) is 4.03. The zero-order valence-corrected chi connectivity index (χ0v) is 18.9. The van der Waals surface area contributed by atoms with Gasteiger partial charge in [0.05, 0.1) is 0 Å². The highest BCUT2D eigenvalue weighted by atomic mass is 35.5. The number of esters is 1. The predicted molar refractivity (Wildman–Crippen MR) is 126 cm³/mol. The van der Waals surface area contributed by atoms with Crippen LogP contribution in [0.2, 0.25) is 0 Å². The zero-order chi connectivity index (χ0) is 21.1. The molecule has 2 atom stereocenters. The number of carbonyl (C=O) groups is 2. The van der Waals surface area contributed by atoms with E-state index in [9.17, 15) is 9.59 Å². The van der Waals surface area contributed by atoms with Crippen LogP contribution in [0.15, 0.2) is 84.1 Å². The number of thioether (sulfide) groups is 1. The Hall–Kier alpha value is -2.25. The molecule has 2 N–H and O–H groups in total. The van der Waals surface area contributed by atoms with Crippen LogP contribution < -0.4 is 5.73 Å². The summed E-state index contributed by atoms with van der Waals surface area (Å²) in [6.07, 6.45) is 2.94. The molecule has 5 nitrogen and oxygen atoms in total. The van der Waals surface area contributed by atoms with Crippen molar-refractivity contribution >= 4 is 47.6 Å². The Bertz CT molecular complexity index is 959. The Labute approximate surface area is 196 Å². The molecule has 31 heavy (non-hydrogen) atoms. The number of hydrogen-bond donors (Lipinski definition) is 1. The lowest BCUT2D eigenvalue weighted by Crippen LogP contribution is -2.68. The molecule has 1 saturated heterocycles. The van der Waals surface area contributed by atoms with E-state index >= 15 is 0 Å². The summed E-state index contributed by atoms with van der Waals surface area (Å²) in [5.74, 6) is 0.0464. The number of allylic oxidation sites excluding steroid dienone is 2. The van der Waals surface area contributed by atoms with Gasteiger partial charge in [-0.25, -0.2) is 4.79 Å². The standard InChI is InChI=1S/C23H21ClN2O3S.ClH/c24-13-7-12-17-14-30-22-18(25)21(27)26(22)19(17)23(28)29-20(15-8-3-1-4-9-15)16-10-5-2-6-11-16;/h1-12,18,20,22H,13-14,25H2;1H/b12-7-;. The van der Waals surface area contributed by atoms with Gasteiger partial charge in [0.1, 0.15) is 17.1 Å². The van der Waals surface area contributed by atoms with Gasteiger partial charge < -0.3 is 10.5 Å². The quantitative estimate of drug-likeness (QED) is 0.387. The molecule has 0 aromatic heterocycles. The second-order valence-corrected chi connectivity index (χ2v) is 8.39. The number of hydrogen-bond acceptors (Lipinski definition) is 5. The van der Waals surface area contributed by atoms with Gasteiger partial charge in [0.2, 0.25) is 5.91 Å². The van der Waals surface area contributed by atoms with Crippen molar-refractivity contribution in [2.75, 3.05) is 11.6 Å². The summed E-state index contributed by atoms with van der Waals surface area (Å²) in [5.41, 5.74) is 8.61. The molecule has 2 aliphatic heterocycles. The van der Waals surface area contributed by atoms with Gasteiger partial charge in [-0.2, -0.15) is 0 Å². The van der Waals surface area contributed by atoms with E-state index in [1.807, 2.05) is 60.7 Å². The van der Waals surface area contributed by atoms with Gasteiger partial charge in [-0.3, -0.25) is 9.69 Å². The minimum absolute atomic E-state index is 0. The third kappa shape index (κ3) is 4.67. The van der Waals surface area contributed by atoms with Gasteiger partial charge in [-0.05, 0) is 16.7 Å². The van der Waals surface area contributed by atoms with Crippen molar-refractivity contribution in [3.63, 3.8) is 0 Å². The third-order valence-electron chi connectivity index (χ3n) is 5.07. The van der Waals surface area contributed by atoms with Crippen LogP contribution in [0.1, 0.15) is 17.2 Å². The highest BCUT2D eigenvalue weighted by molar-refractivity contribution is 8.00. The molecule has 4 rings (SSSR count). The molecule has 1 fully saturated rings. The van der Waals surface area contributed by atoms with Gasteiger partial charge in [-0.15, -0.1) is 35.8 Å². The van der Waals surface area contributed by atoms with E-state index in [-0.39, 0.29) is 29.4 Å². The fourth-order valence-corrected chi connectivity index (χ4v) is 4.95. The van der Waals surface area contributed by atoms with E-state index in [4.69, 9.17) is 22.1 Å². The summed E-state index contributed by atoms with van der Waals surface area (Å²) in [6.45, 7) is 0. The lowest BCUT2D eigenvalue weighted by Gasteiger charge is -2.48. The molecule has 162 valence electrons. The molecular formula is C23H22Cl2N2O3S. The van der Waals surface area contributed by atoms with Gasteiger partial charge >= 0.3 is 5.97 Å². The van der Waals surface area contributed by atoms with Crippen molar-refractivity contribution in [2.45, 2.75) is 17.5 Å². The number of rotatable bonds is 6. The lowest BCUT2D eigenvalue weighted by atomic mass is 10.0. The first-order chi connectivity index (χ1) is 14.6. The van der Waals surface area contributed by atoms with Gasteiger partial charge in [-0.1, -0.05) is 72.8 Å². The van der Waals surface area contributed by atoms with E-state index in [0.717, 1.165) is 11.1 Å². The number of ether oxygens (including phenoxy) is 1. The zero-order valence-electron chi connectivity index (χ0n) is 16.5. The number of alkyl halides is 1. The molecule has 0 saturated carbocycles. The van der Waals surface area contributed by atoms with Crippen molar-refractivity contribution in [3.05, 3.63) is 95.2 Å². The monoisotopic (exact) mass is 476 g/mol. The molecule has 2 heterocycles. The van der Waals surface area contributed by atoms with Crippen molar-refractivity contribution in [1.29, 1.82) is 0 Å². The average Bonchev–Trinajstić information content (AvgIpc) is 2.81. The van der Waals surface area contributed by atoms with Gasteiger partial charge in [0.25, 0.3) is 0 Å². The van der Waals surface area contributed by atoms with Crippen LogP contribution in [0.5, 0.6) is 0 Å².